The van der Waals surface area contributed by atoms with E-state index < -0.39 is 5.41 Å². The van der Waals surface area contributed by atoms with Gasteiger partial charge in [0.2, 0.25) is 5.91 Å². The quantitative estimate of drug-likeness (QED) is 0.814. The summed E-state index contributed by atoms with van der Waals surface area (Å²) in [5.41, 5.74) is -0.507. The van der Waals surface area contributed by atoms with Crippen molar-refractivity contribution in [1.82, 2.24) is 5.32 Å². The fourth-order valence-electron chi connectivity index (χ4n) is 1.08. The molecule has 0 aliphatic carbocycles. The summed E-state index contributed by atoms with van der Waals surface area (Å²) in [7, 11) is 0. The summed E-state index contributed by atoms with van der Waals surface area (Å²) in [6.45, 7) is 3.99. The minimum absolute atomic E-state index is 0.0396. The van der Waals surface area contributed by atoms with Gasteiger partial charge in [0, 0.05) is 11.4 Å². The SMILES string of the molecule is CC(C)(C#N)CNC(=O)CSc1ccccc1. The van der Waals surface area contributed by atoms with Gasteiger partial charge in [0.1, 0.15) is 0 Å². The molecule has 0 spiro atoms. The zero-order valence-electron chi connectivity index (χ0n) is 10.1. The van der Waals surface area contributed by atoms with E-state index >= 15 is 0 Å². The predicted octanol–water partition coefficient (Wildman–Crippen LogP) is 2.44. The van der Waals surface area contributed by atoms with Gasteiger partial charge in [0.15, 0.2) is 0 Å². The van der Waals surface area contributed by atoms with Crippen molar-refractivity contribution in [3.63, 3.8) is 0 Å². The van der Waals surface area contributed by atoms with Crippen molar-refractivity contribution in [1.29, 1.82) is 5.26 Å². The fraction of sp³-hybridized carbons (Fsp3) is 0.385. The van der Waals surface area contributed by atoms with Gasteiger partial charge in [-0.05, 0) is 26.0 Å². The Hall–Kier alpha value is -1.47. The first-order chi connectivity index (χ1) is 8.03. The number of benzene rings is 1. The van der Waals surface area contributed by atoms with Crippen LogP contribution in [0.1, 0.15) is 13.8 Å². The Balaban J connectivity index is 2.30. The Kier molecular flexibility index (Phi) is 5.05. The zero-order chi connectivity index (χ0) is 12.7. The first-order valence-electron chi connectivity index (χ1n) is 5.39. The summed E-state index contributed by atoms with van der Waals surface area (Å²) >= 11 is 1.49. The highest BCUT2D eigenvalue weighted by Gasteiger charge is 2.17. The van der Waals surface area contributed by atoms with Crippen LogP contribution in [0.5, 0.6) is 0 Å². The van der Waals surface area contributed by atoms with Crippen LogP contribution in [0.2, 0.25) is 0 Å². The summed E-state index contributed by atoms with van der Waals surface area (Å²) in [6, 6.07) is 11.9. The lowest BCUT2D eigenvalue weighted by atomic mass is 9.96. The van der Waals surface area contributed by atoms with Gasteiger partial charge >= 0.3 is 0 Å². The van der Waals surface area contributed by atoms with Crippen molar-refractivity contribution in [2.24, 2.45) is 5.41 Å². The molecule has 1 N–H and O–H groups in total. The monoisotopic (exact) mass is 248 g/mol. The summed E-state index contributed by atoms with van der Waals surface area (Å²) < 4.78 is 0. The lowest BCUT2D eigenvalue weighted by Crippen LogP contribution is -2.34. The average molecular weight is 248 g/mol. The standard InChI is InChI=1S/C13H16N2OS/c1-13(2,9-14)10-15-12(16)8-17-11-6-4-3-5-7-11/h3-7H,8,10H2,1-2H3,(H,15,16). The van der Waals surface area contributed by atoms with Crippen LogP contribution < -0.4 is 5.32 Å². The molecule has 4 heteroatoms. The van der Waals surface area contributed by atoms with Crippen LogP contribution in [0.4, 0.5) is 0 Å². The van der Waals surface area contributed by atoms with Gasteiger partial charge in [-0.15, -0.1) is 11.8 Å². The number of carbonyl (C=O) groups excluding carboxylic acids is 1. The third kappa shape index (κ3) is 5.41. The third-order valence-corrected chi connectivity index (χ3v) is 3.16. The van der Waals surface area contributed by atoms with E-state index in [0.29, 0.717) is 12.3 Å². The molecule has 0 saturated heterocycles. The molecule has 3 nitrogen and oxygen atoms in total. The molecule has 0 bridgehead atoms. The first kappa shape index (κ1) is 13.6. The van der Waals surface area contributed by atoms with E-state index in [-0.39, 0.29) is 5.91 Å². The number of thioether (sulfide) groups is 1. The topological polar surface area (TPSA) is 52.9 Å². The molecule has 1 aromatic rings. The van der Waals surface area contributed by atoms with E-state index in [1.54, 1.807) is 13.8 Å². The second-order valence-electron chi connectivity index (χ2n) is 4.37. The molecule has 0 aromatic heterocycles. The maximum Gasteiger partial charge on any atom is 0.230 e. The Morgan fingerprint density at radius 2 is 2.06 bits per heavy atom. The lowest BCUT2D eigenvalue weighted by Gasteiger charge is -2.15. The lowest BCUT2D eigenvalue weighted by molar-refractivity contribution is -0.118. The van der Waals surface area contributed by atoms with E-state index in [4.69, 9.17) is 5.26 Å². The van der Waals surface area contributed by atoms with Gasteiger partial charge in [0.05, 0.1) is 17.2 Å². The molecule has 0 fully saturated rings. The molecule has 90 valence electrons. The van der Waals surface area contributed by atoms with Crippen LogP contribution in [0, 0.1) is 16.7 Å². The molecule has 0 heterocycles. The molecule has 17 heavy (non-hydrogen) atoms. The first-order valence-corrected chi connectivity index (χ1v) is 6.38. The van der Waals surface area contributed by atoms with Crippen LogP contribution in [0.15, 0.2) is 35.2 Å². The third-order valence-electron chi connectivity index (χ3n) is 2.14. The number of rotatable bonds is 5. The Morgan fingerprint density at radius 3 is 2.65 bits per heavy atom. The van der Waals surface area contributed by atoms with Gasteiger partial charge in [0.25, 0.3) is 0 Å². The van der Waals surface area contributed by atoms with Crippen molar-refractivity contribution in [3.05, 3.63) is 30.3 Å². The molecule has 0 radical (unpaired) electrons. The van der Waals surface area contributed by atoms with Gasteiger partial charge in [-0.2, -0.15) is 5.26 Å². The minimum atomic E-state index is -0.507. The van der Waals surface area contributed by atoms with Gasteiger partial charge < -0.3 is 5.32 Å². The van der Waals surface area contributed by atoms with Gasteiger partial charge in [-0.25, -0.2) is 0 Å². The van der Waals surface area contributed by atoms with Crippen LogP contribution >= 0.6 is 11.8 Å². The average Bonchev–Trinajstić information content (AvgIpc) is 2.35. The normalized spacial score (nSPS) is 10.6. The number of amides is 1. The Morgan fingerprint density at radius 1 is 1.41 bits per heavy atom. The number of hydrogen-bond donors (Lipinski definition) is 1. The smallest absolute Gasteiger partial charge is 0.230 e. The summed E-state index contributed by atoms with van der Waals surface area (Å²) in [6.07, 6.45) is 0. The van der Waals surface area contributed by atoms with Crippen molar-refractivity contribution < 1.29 is 4.79 Å². The number of carbonyl (C=O) groups is 1. The molecule has 1 rings (SSSR count). The van der Waals surface area contributed by atoms with Crippen molar-refractivity contribution in [2.75, 3.05) is 12.3 Å². The number of hydrogen-bond acceptors (Lipinski definition) is 3. The number of nitrogens with one attached hydrogen (secondary N) is 1. The minimum Gasteiger partial charge on any atom is -0.354 e. The Labute approximate surface area is 106 Å². The molecule has 1 aromatic carbocycles. The molecule has 0 unspecified atom stereocenters. The highest BCUT2D eigenvalue weighted by atomic mass is 32.2. The largest absolute Gasteiger partial charge is 0.354 e. The van der Waals surface area contributed by atoms with Crippen LogP contribution in [-0.4, -0.2) is 18.2 Å². The summed E-state index contributed by atoms with van der Waals surface area (Å²) in [4.78, 5) is 12.6. The van der Waals surface area contributed by atoms with E-state index in [2.05, 4.69) is 11.4 Å². The molecule has 0 saturated carbocycles. The maximum atomic E-state index is 11.5. The second-order valence-corrected chi connectivity index (χ2v) is 5.42. The highest BCUT2D eigenvalue weighted by Crippen LogP contribution is 2.16. The van der Waals surface area contributed by atoms with Crippen molar-refractivity contribution in [2.45, 2.75) is 18.7 Å². The summed E-state index contributed by atoms with van der Waals surface area (Å²) in [5, 5.41) is 11.6. The Bertz CT molecular complexity index is 409. The second kappa shape index (κ2) is 6.31. The molecule has 1 amide bonds. The van der Waals surface area contributed by atoms with Crippen LogP contribution in [-0.2, 0) is 4.79 Å². The van der Waals surface area contributed by atoms with Crippen LogP contribution in [0.3, 0.4) is 0 Å². The highest BCUT2D eigenvalue weighted by molar-refractivity contribution is 8.00. The van der Waals surface area contributed by atoms with Crippen molar-refractivity contribution in [3.8, 4) is 6.07 Å². The van der Waals surface area contributed by atoms with Crippen molar-refractivity contribution >= 4 is 17.7 Å². The molecule has 0 aliphatic rings. The van der Waals surface area contributed by atoms with E-state index in [1.807, 2.05) is 30.3 Å². The van der Waals surface area contributed by atoms with Gasteiger partial charge in [-0.1, -0.05) is 18.2 Å². The van der Waals surface area contributed by atoms with E-state index in [0.717, 1.165) is 4.90 Å². The molecule has 0 aliphatic heterocycles. The molecule has 0 atom stereocenters. The summed E-state index contributed by atoms with van der Waals surface area (Å²) in [5.74, 6) is 0.341. The van der Waals surface area contributed by atoms with E-state index in [1.165, 1.54) is 11.8 Å². The molecular formula is C13H16N2OS. The predicted molar refractivity (Wildman–Crippen MR) is 69.6 cm³/mol. The number of nitrogens with zero attached hydrogens (tertiary/aromatic N) is 1. The zero-order valence-corrected chi connectivity index (χ0v) is 10.9. The van der Waals surface area contributed by atoms with Crippen LogP contribution in [0.25, 0.3) is 0 Å². The van der Waals surface area contributed by atoms with E-state index in [9.17, 15) is 4.79 Å². The van der Waals surface area contributed by atoms with Gasteiger partial charge in [-0.3, -0.25) is 4.79 Å². The maximum absolute atomic E-state index is 11.5. The number of nitriles is 1. The fourth-order valence-corrected chi connectivity index (χ4v) is 1.83. The molecular weight excluding hydrogens is 232 g/mol.